The Morgan fingerprint density at radius 2 is 0.717 bits per heavy atom. The molecule has 0 amide bonds. The van der Waals surface area contributed by atoms with Crippen molar-refractivity contribution >= 4 is 33.6 Å². The predicted molar refractivity (Wildman–Crippen MR) is 249 cm³/mol. The SMILES string of the molecule is N=C(OC(=N)c1ccc(-c2ccccc2-c2ccccc2-c2ccc(-n3c4ccccc4c4cc(-c5ccccc5-c5ccccc5)ccc43)cc2)cc1)c1ccccc1. The van der Waals surface area contributed by atoms with Crippen molar-refractivity contribution in [3.8, 4) is 61.3 Å². The molecule has 0 saturated heterocycles. The third-order valence-corrected chi connectivity index (χ3v) is 11.3. The van der Waals surface area contributed by atoms with E-state index in [1.54, 1.807) is 12.1 Å². The zero-order valence-corrected chi connectivity index (χ0v) is 32.7. The van der Waals surface area contributed by atoms with Crippen LogP contribution in [0.2, 0.25) is 0 Å². The second-order valence-corrected chi connectivity index (χ2v) is 14.8. The van der Waals surface area contributed by atoms with Gasteiger partial charge in [0.1, 0.15) is 0 Å². The zero-order valence-electron chi connectivity index (χ0n) is 32.7. The molecule has 4 nitrogen and oxygen atoms in total. The molecule has 0 bridgehead atoms. The van der Waals surface area contributed by atoms with Crippen LogP contribution >= 0.6 is 0 Å². The van der Waals surface area contributed by atoms with Crippen LogP contribution in [0.1, 0.15) is 11.1 Å². The Bertz CT molecular complexity index is 3180. The second kappa shape index (κ2) is 15.7. The number of benzene rings is 9. The lowest BCUT2D eigenvalue weighted by molar-refractivity contribution is 0.538. The first kappa shape index (κ1) is 36.3. The van der Waals surface area contributed by atoms with Crippen molar-refractivity contribution in [2.24, 2.45) is 0 Å². The highest BCUT2D eigenvalue weighted by atomic mass is 16.5. The highest BCUT2D eigenvalue weighted by molar-refractivity contribution is 6.11. The maximum atomic E-state index is 8.54. The fraction of sp³-hybridized carbons (Fsp3) is 0. The number of hydrogen-bond donors (Lipinski definition) is 2. The summed E-state index contributed by atoms with van der Waals surface area (Å²) in [6, 6.07) is 77.8. The normalized spacial score (nSPS) is 11.1. The molecule has 0 saturated carbocycles. The van der Waals surface area contributed by atoms with Crippen molar-refractivity contribution < 1.29 is 4.74 Å². The van der Waals surface area contributed by atoms with Crippen LogP contribution in [0.15, 0.2) is 224 Å². The van der Waals surface area contributed by atoms with Gasteiger partial charge in [-0.2, -0.15) is 0 Å². The van der Waals surface area contributed by atoms with E-state index >= 15 is 0 Å². The summed E-state index contributed by atoms with van der Waals surface area (Å²) >= 11 is 0. The van der Waals surface area contributed by atoms with Crippen LogP contribution in [0, 0.1) is 10.8 Å². The lowest BCUT2D eigenvalue weighted by atomic mass is 9.89. The van der Waals surface area contributed by atoms with Gasteiger partial charge in [-0.1, -0.05) is 170 Å². The predicted octanol–water partition coefficient (Wildman–Crippen LogP) is 14.5. The Morgan fingerprint density at radius 3 is 1.32 bits per heavy atom. The third kappa shape index (κ3) is 6.76. The van der Waals surface area contributed by atoms with E-state index in [-0.39, 0.29) is 11.8 Å². The molecule has 0 unspecified atom stereocenters. The lowest BCUT2D eigenvalue weighted by Gasteiger charge is -2.16. The average Bonchev–Trinajstić information content (AvgIpc) is 3.66. The van der Waals surface area contributed by atoms with Crippen LogP contribution < -0.4 is 0 Å². The van der Waals surface area contributed by atoms with Crippen LogP contribution in [-0.4, -0.2) is 16.4 Å². The quantitative estimate of drug-likeness (QED) is 0.117. The molecule has 2 N–H and O–H groups in total. The summed E-state index contributed by atoms with van der Waals surface area (Å²) in [7, 11) is 0. The van der Waals surface area contributed by atoms with Gasteiger partial charge in [-0.15, -0.1) is 0 Å². The smallest absolute Gasteiger partial charge is 0.221 e. The largest absolute Gasteiger partial charge is 0.421 e. The van der Waals surface area contributed by atoms with E-state index in [0.29, 0.717) is 11.1 Å². The molecule has 0 spiro atoms. The zero-order chi connectivity index (χ0) is 40.4. The average molecular weight is 770 g/mol. The maximum Gasteiger partial charge on any atom is 0.221 e. The topological polar surface area (TPSA) is 61.9 Å². The van der Waals surface area contributed by atoms with E-state index in [1.165, 1.54) is 44.1 Å². The van der Waals surface area contributed by atoms with E-state index in [1.807, 2.05) is 42.5 Å². The molecular weight excluding hydrogens is 731 g/mol. The molecule has 1 heterocycles. The van der Waals surface area contributed by atoms with Gasteiger partial charge in [0, 0.05) is 27.6 Å². The van der Waals surface area contributed by atoms with E-state index in [4.69, 9.17) is 15.6 Å². The minimum Gasteiger partial charge on any atom is -0.421 e. The van der Waals surface area contributed by atoms with Crippen molar-refractivity contribution in [3.05, 3.63) is 236 Å². The standard InChI is InChI=1S/C56H39N3O/c57-55(41-17-5-2-6-18-41)60-56(58)42-29-27-39(28-30-42)46-20-9-11-23-49(46)50-24-12-10-21-47(50)40-31-34-44(35-32-40)59-53-26-14-13-25-51(53)52-37-43(33-36-54(52)59)48-22-8-7-19-45(48)38-15-3-1-4-16-38/h1-37,57-58H. The summed E-state index contributed by atoms with van der Waals surface area (Å²) in [5.41, 5.74) is 16.2. The molecule has 0 aliphatic heterocycles. The van der Waals surface area contributed by atoms with Gasteiger partial charge in [0.25, 0.3) is 0 Å². The van der Waals surface area contributed by atoms with Crippen LogP contribution in [0.25, 0.3) is 83.1 Å². The second-order valence-electron chi connectivity index (χ2n) is 14.8. The first-order valence-corrected chi connectivity index (χ1v) is 20.1. The monoisotopic (exact) mass is 769 g/mol. The van der Waals surface area contributed by atoms with E-state index in [2.05, 4.69) is 174 Å². The molecule has 4 heteroatoms. The number of ether oxygens (including phenoxy) is 1. The van der Waals surface area contributed by atoms with Gasteiger partial charge in [0.15, 0.2) is 0 Å². The van der Waals surface area contributed by atoms with Crippen LogP contribution in [0.3, 0.4) is 0 Å². The Morgan fingerprint density at radius 1 is 0.317 bits per heavy atom. The summed E-state index contributed by atoms with van der Waals surface area (Å²) in [6.45, 7) is 0. The van der Waals surface area contributed by atoms with Gasteiger partial charge in [0.05, 0.1) is 11.0 Å². The molecule has 0 atom stereocenters. The number of fused-ring (bicyclic) bond motifs is 3. The Kier molecular flexibility index (Phi) is 9.49. The van der Waals surface area contributed by atoms with Crippen LogP contribution in [0.5, 0.6) is 0 Å². The molecule has 0 aliphatic carbocycles. The van der Waals surface area contributed by atoms with Gasteiger partial charge in [-0.25, -0.2) is 0 Å². The van der Waals surface area contributed by atoms with Crippen molar-refractivity contribution in [2.75, 3.05) is 0 Å². The van der Waals surface area contributed by atoms with Crippen molar-refractivity contribution in [1.82, 2.24) is 4.57 Å². The highest BCUT2D eigenvalue weighted by Gasteiger charge is 2.17. The van der Waals surface area contributed by atoms with Gasteiger partial charge in [-0.3, -0.25) is 10.8 Å². The van der Waals surface area contributed by atoms with Crippen molar-refractivity contribution in [1.29, 1.82) is 10.8 Å². The first-order valence-electron chi connectivity index (χ1n) is 20.1. The lowest BCUT2D eigenvalue weighted by Crippen LogP contribution is -2.12. The summed E-state index contributed by atoms with van der Waals surface area (Å²) in [6.07, 6.45) is 0. The van der Waals surface area contributed by atoms with Gasteiger partial charge in [0.2, 0.25) is 11.8 Å². The summed E-state index contributed by atoms with van der Waals surface area (Å²) in [4.78, 5) is 0. The molecule has 0 radical (unpaired) electrons. The van der Waals surface area contributed by atoms with E-state index in [9.17, 15) is 0 Å². The minimum atomic E-state index is -0.0623. The van der Waals surface area contributed by atoms with Gasteiger partial charge < -0.3 is 9.30 Å². The van der Waals surface area contributed by atoms with Crippen LogP contribution in [-0.2, 0) is 4.74 Å². The first-order chi connectivity index (χ1) is 29.6. The Hall–Kier alpha value is -8.08. The fourth-order valence-corrected chi connectivity index (χ4v) is 8.36. The highest BCUT2D eigenvalue weighted by Crippen LogP contribution is 2.41. The van der Waals surface area contributed by atoms with Gasteiger partial charge in [-0.05, 0) is 110 Å². The summed E-state index contributed by atoms with van der Waals surface area (Å²) in [5, 5.41) is 19.3. The maximum absolute atomic E-state index is 8.54. The number of nitrogens with one attached hydrogen (secondary N) is 2. The molecule has 60 heavy (non-hydrogen) atoms. The minimum absolute atomic E-state index is 0.0510. The number of rotatable bonds is 8. The molecule has 10 rings (SSSR count). The number of aromatic nitrogens is 1. The Balaban J connectivity index is 0.973. The fourth-order valence-electron chi connectivity index (χ4n) is 8.36. The number of nitrogens with zero attached hydrogens (tertiary/aromatic N) is 1. The van der Waals surface area contributed by atoms with E-state index in [0.717, 1.165) is 39.1 Å². The summed E-state index contributed by atoms with van der Waals surface area (Å²) in [5.74, 6) is -0.113. The molecule has 10 aromatic rings. The molecule has 284 valence electrons. The third-order valence-electron chi connectivity index (χ3n) is 11.3. The molecule has 0 fully saturated rings. The molecular formula is C56H39N3O. The Labute approximate surface area is 349 Å². The van der Waals surface area contributed by atoms with Crippen molar-refractivity contribution in [2.45, 2.75) is 0 Å². The van der Waals surface area contributed by atoms with Crippen LogP contribution in [0.4, 0.5) is 0 Å². The molecule has 1 aromatic heterocycles. The summed E-state index contributed by atoms with van der Waals surface area (Å²) < 4.78 is 7.98. The van der Waals surface area contributed by atoms with Crippen molar-refractivity contribution in [3.63, 3.8) is 0 Å². The van der Waals surface area contributed by atoms with Gasteiger partial charge >= 0.3 is 0 Å². The number of para-hydroxylation sites is 1. The molecule has 9 aromatic carbocycles. The van der Waals surface area contributed by atoms with E-state index < -0.39 is 0 Å². The number of hydrogen-bond acceptors (Lipinski definition) is 3. The molecule has 0 aliphatic rings.